The minimum atomic E-state index is -0.439. The van der Waals surface area contributed by atoms with E-state index in [1.54, 1.807) is 6.92 Å². The van der Waals surface area contributed by atoms with Gasteiger partial charge in [0.05, 0.1) is 12.0 Å². The lowest BCUT2D eigenvalue weighted by Gasteiger charge is -2.12. The van der Waals surface area contributed by atoms with Crippen molar-refractivity contribution in [2.75, 3.05) is 0 Å². The van der Waals surface area contributed by atoms with Crippen LogP contribution in [0.5, 0.6) is 0 Å². The predicted octanol–water partition coefficient (Wildman–Crippen LogP) is 2.46. The third-order valence-corrected chi connectivity index (χ3v) is 3.62. The molecule has 1 aromatic heterocycles. The molecule has 3 atom stereocenters. The Bertz CT molecular complexity index is 371. The maximum atomic E-state index is 9.60. The van der Waals surface area contributed by atoms with Gasteiger partial charge < -0.3 is 9.63 Å². The van der Waals surface area contributed by atoms with Gasteiger partial charge in [0.15, 0.2) is 5.82 Å². The van der Waals surface area contributed by atoms with Crippen LogP contribution in [0.1, 0.15) is 64.1 Å². The van der Waals surface area contributed by atoms with Crippen LogP contribution in [0.25, 0.3) is 0 Å². The second kappa shape index (κ2) is 3.84. The second-order valence-corrected chi connectivity index (χ2v) is 5.49. The van der Waals surface area contributed by atoms with Crippen molar-refractivity contribution in [1.82, 2.24) is 10.1 Å². The molecule has 1 aromatic rings. The Balaban J connectivity index is 2.13. The van der Waals surface area contributed by atoms with Crippen LogP contribution in [0, 0.1) is 5.41 Å². The van der Waals surface area contributed by atoms with Gasteiger partial charge in [-0.25, -0.2) is 0 Å². The van der Waals surface area contributed by atoms with Crippen molar-refractivity contribution in [3.63, 3.8) is 0 Å². The fraction of sp³-hybridized carbons (Fsp3) is 0.833. The van der Waals surface area contributed by atoms with Crippen molar-refractivity contribution in [3.8, 4) is 0 Å². The fourth-order valence-corrected chi connectivity index (χ4v) is 2.17. The summed E-state index contributed by atoms with van der Waals surface area (Å²) in [5.74, 6) is 1.77. The Morgan fingerprint density at radius 2 is 2.19 bits per heavy atom. The monoisotopic (exact) mass is 224 g/mol. The van der Waals surface area contributed by atoms with E-state index in [0.717, 1.165) is 18.7 Å². The van der Waals surface area contributed by atoms with Crippen molar-refractivity contribution in [3.05, 3.63) is 11.7 Å². The SMILES string of the molecule is CCC(c1nc(C2CC2(C)C)no1)C(C)O. The van der Waals surface area contributed by atoms with E-state index in [1.807, 2.05) is 6.92 Å². The van der Waals surface area contributed by atoms with E-state index in [2.05, 4.69) is 24.0 Å². The molecule has 1 fully saturated rings. The number of nitrogens with zero attached hydrogens (tertiary/aromatic N) is 2. The summed E-state index contributed by atoms with van der Waals surface area (Å²) in [6.07, 6.45) is 1.50. The van der Waals surface area contributed by atoms with Gasteiger partial charge in [0.1, 0.15) is 0 Å². The first-order valence-electron chi connectivity index (χ1n) is 5.97. The molecule has 1 aliphatic carbocycles. The number of aliphatic hydroxyl groups is 1. The molecule has 1 N–H and O–H groups in total. The highest BCUT2D eigenvalue weighted by molar-refractivity contribution is 5.15. The number of rotatable bonds is 4. The average molecular weight is 224 g/mol. The number of aromatic nitrogens is 2. The van der Waals surface area contributed by atoms with Gasteiger partial charge in [-0.1, -0.05) is 25.9 Å². The van der Waals surface area contributed by atoms with Crippen LogP contribution in [0.15, 0.2) is 4.52 Å². The van der Waals surface area contributed by atoms with E-state index >= 15 is 0 Å². The Labute approximate surface area is 96.1 Å². The molecule has 0 radical (unpaired) electrons. The van der Waals surface area contributed by atoms with Crippen molar-refractivity contribution < 1.29 is 9.63 Å². The van der Waals surface area contributed by atoms with E-state index < -0.39 is 6.10 Å². The Kier molecular flexibility index (Phi) is 2.78. The van der Waals surface area contributed by atoms with Crippen LogP contribution < -0.4 is 0 Å². The quantitative estimate of drug-likeness (QED) is 0.853. The normalized spacial score (nSPS) is 26.4. The maximum Gasteiger partial charge on any atom is 0.232 e. The van der Waals surface area contributed by atoms with Gasteiger partial charge in [0.25, 0.3) is 0 Å². The largest absolute Gasteiger partial charge is 0.393 e. The summed E-state index contributed by atoms with van der Waals surface area (Å²) in [6, 6.07) is 0. The predicted molar refractivity (Wildman–Crippen MR) is 60.1 cm³/mol. The number of hydrogen-bond donors (Lipinski definition) is 1. The summed E-state index contributed by atoms with van der Waals surface area (Å²) in [4.78, 5) is 4.42. The number of hydrogen-bond acceptors (Lipinski definition) is 4. The Hall–Kier alpha value is -0.900. The van der Waals surface area contributed by atoms with Crippen LogP contribution in [0.3, 0.4) is 0 Å². The first kappa shape index (κ1) is 11.6. The fourth-order valence-electron chi connectivity index (χ4n) is 2.17. The molecule has 3 unspecified atom stereocenters. The molecule has 0 spiro atoms. The molecular formula is C12H20N2O2. The van der Waals surface area contributed by atoms with Gasteiger partial charge in [-0.15, -0.1) is 0 Å². The van der Waals surface area contributed by atoms with Gasteiger partial charge in [-0.2, -0.15) is 4.98 Å². The molecule has 4 heteroatoms. The van der Waals surface area contributed by atoms with Crippen LogP contribution in [0.2, 0.25) is 0 Å². The van der Waals surface area contributed by atoms with Crippen molar-refractivity contribution in [2.45, 2.75) is 58.5 Å². The molecule has 0 bridgehead atoms. The smallest absolute Gasteiger partial charge is 0.232 e. The zero-order valence-corrected chi connectivity index (χ0v) is 10.4. The van der Waals surface area contributed by atoms with Gasteiger partial charge >= 0.3 is 0 Å². The third kappa shape index (κ3) is 1.98. The lowest BCUT2D eigenvalue weighted by Crippen LogP contribution is -2.14. The molecule has 1 saturated carbocycles. The van der Waals surface area contributed by atoms with Crippen LogP contribution >= 0.6 is 0 Å². The topological polar surface area (TPSA) is 59.2 Å². The van der Waals surface area contributed by atoms with Gasteiger partial charge in [0.2, 0.25) is 5.89 Å². The minimum absolute atomic E-state index is 0.0388. The van der Waals surface area contributed by atoms with E-state index in [1.165, 1.54) is 0 Å². The molecular weight excluding hydrogens is 204 g/mol. The standard InChI is InChI=1S/C12H20N2O2/c1-5-8(7(2)15)11-13-10(14-16-11)9-6-12(9,3)4/h7-9,15H,5-6H2,1-4H3. The summed E-state index contributed by atoms with van der Waals surface area (Å²) < 4.78 is 5.25. The lowest BCUT2D eigenvalue weighted by molar-refractivity contribution is 0.141. The highest BCUT2D eigenvalue weighted by Crippen LogP contribution is 2.57. The summed E-state index contributed by atoms with van der Waals surface area (Å²) in [7, 11) is 0. The summed E-state index contributed by atoms with van der Waals surface area (Å²) in [5, 5.41) is 13.6. The Morgan fingerprint density at radius 1 is 1.56 bits per heavy atom. The zero-order valence-electron chi connectivity index (χ0n) is 10.4. The van der Waals surface area contributed by atoms with Crippen molar-refractivity contribution in [2.24, 2.45) is 5.41 Å². The summed E-state index contributed by atoms with van der Waals surface area (Å²) in [6.45, 7) is 8.20. The van der Waals surface area contributed by atoms with Gasteiger partial charge in [-0.3, -0.25) is 0 Å². The molecule has 0 saturated heterocycles. The molecule has 1 aliphatic rings. The maximum absolute atomic E-state index is 9.60. The first-order chi connectivity index (χ1) is 7.45. The molecule has 4 nitrogen and oxygen atoms in total. The molecule has 16 heavy (non-hydrogen) atoms. The molecule has 0 aliphatic heterocycles. The molecule has 90 valence electrons. The molecule has 0 aromatic carbocycles. The van der Waals surface area contributed by atoms with Crippen molar-refractivity contribution >= 4 is 0 Å². The van der Waals surface area contributed by atoms with Crippen LogP contribution in [-0.2, 0) is 0 Å². The van der Waals surface area contributed by atoms with E-state index in [0.29, 0.717) is 17.2 Å². The van der Waals surface area contributed by atoms with Crippen LogP contribution in [0.4, 0.5) is 0 Å². The highest BCUT2D eigenvalue weighted by Gasteiger charge is 2.49. The lowest BCUT2D eigenvalue weighted by atomic mass is 10.0. The van der Waals surface area contributed by atoms with Crippen molar-refractivity contribution in [1.29, 1.82) is 0 Å². The van der Waals surface area contributed by atoms with Gasteiger partial charge in [-0.05, 0) is 25.2 Å². The summed E-state index contributed by atoms with van der Waals surface area (Å²) in [5.41, 5.74) is 0.313. The summed E-state index contributed by atoms with van der Waals surface area (Å²) >= 11 is 0. The van der Waals surface area contributed by atoms with E-state index in [9.17, 15) is 5.11 Å². The number of aliphatic hydroxyl groups excluding tert-OH is 1. The van der Waals surface area contributed by atoms with Gasteiger partial charge in [0, 0.05) is 5.92 Å². The zero-order chi connectivity index (χ0) is 11.9. The van der Waals surface area contributed by atoms with E-state index in [4.69, 9.17) is 4.52 Å². The molecule has 0 amide bonds. The van der Waals surface area contributed by atoms with E-state index in [-0.39, 0.29) is 5.92 Å². The van der Waals surface area contributed by atoms with Crippen LogP contribution in [-0.4, -0.2) is 21.4 Å². The highest BCUT2D eigenvalue weighted by atomic mass is 16.5. The average Bonchev–Trinajstić information content (AvgIpc) is 2.62. The molecule has 2 rings (SSSR count). The minimum Gasteiger partial charge on any atom is -0.393 e. The Morgan fingerprint density at radius 3 is 2.62 bits per heavy atom. The third-order valence-electron chi connectivity index (χ3n) is 3.62. The second-order valence-electron chi connectivity index (χ2n) is 5.49. The molecule has 1 heterocycles. The first-order valence-corrected chi connectivity index (χ1v) is 5.97.